The van der Waals surface area contributed by atoms with Gasteiger partial charge in [-0.05, 0) is 74.8 Å². The molecule has 4 bridgehead atoms. The highest BCUT2D eigenvalue weighted by Crippen LogP contribution is 2.65. The smallest absolute Gasteiger partial charge is 0.223 e. The summed E-state index contributed by atoms with van der Waals surface area (Å²) < 4.78 is 6.14. The lowest BCUT2D eigenvalue weighted by Gasteiger charge is -2.60. The van der Waals surface area contributed by atoms with Crippen molar-refractivity contribution in [1.82, 2.24) is 4.90 Å². The van der Waals surface area contributed by atoms with Crippen molar-refractivity contribution in [3.63, 3.8) is 0 Å². The molecule has 1 aliphatic heterocycles. The fourth-order valence-electron chi connectivity index (χ4n) is 7.17. The Morgan fingerprint density at radius 1 is 1.10 bits per heavy atom. The Bertz CT molecular complexity index is 760. The maximum absolute atomic E-state index is 13.3. The van der Waals surface area contributed by atoms with E-state index in [9.17, 15) is 4.79 Å². The summed E-state index contributed by atoms with van der Waals surface area (Å²) in [4.78, 5) is 17.8. The number of hydrogen-bond acceptors (Lipinski definition) is 3. The highest BCUT2D eigenvalue weighted by atomic mass is 79.9. The van der Waals surface area contributed by atoms with Crippen LogP contribution in [-0.2, 0) is 4.79 Å². The van der Waals surface area contributed by atoms with Crippen LogP contribution < -0.4 is 9.64 Å². The van der Waals surface area contributed by atoms with Crippen LogP contribution in [0.5, 0.6) is 5.75 Å². The normalized spacial score (nSPS) is 35.8. The Kier molecular flexibility index (Phi) is 5.08. The Balaban J connectivity index is 1.21. The Hall–Kier alpha value is -1.23. The lowest BCUT2D eigenvalue weighted by atomic mass is 9.48. The van der Waals surface area contributed by atoms with Crippen molar-refractivity contribution in [3.8, 4) is 5.75 Å². The number of anilines is 1. The van der Waals surface area contributed by atoms with Crippen LogP contribution in [-0.4, -0.2) is 47.9 Å². The summed E-state index contributed by atoms with van der Waals surface area (Å²) in [7, 11) is 0. The molecule has 4 nitrogen and oxygen atoms in total. The summed E-state index contributed by atoms with van der Waals surface area (Å²) >= 11 is 4.09. The molecule has 2 unspecified atom stereocenters. The molecular weight excluding hydrogens is 428 g/mol. The number of halogens is 1. The largest absolute Gasteiger partial charge is 0.492 e. The van der Waals surface area contributed by atoms with Crippen molar-refractivity contribution in [1.29, 1.82) is 0 Å². The third kappa shape index (κ3) is 3.80. The number of carbonyl (C=O) groups excluding carboxylic acids is 1. The molecule has 1 saturated heterocycles. The van der Waals surface area contributed by atoms with Crippen LogP contribution in [0.4, 0.5) is 5.69 Å². The highest BCUT2D eigenvalue weighted by molar-refractivity contribution is 9.10. The molecule has 5 heteroatoms. The zero-order chi connectivity index (χ0) is 20.1. The second-order valence-electron chi connectivity index (χ2n) is 10.1. The summed E-state index contributed by atoms with van der Waals surface area (Å²) in [5.41, 5.74) is 1.42. The van der Waals surface area contributed by atoms with E-state index in [1.165, 1.54) is 38.5 Å². The first kappa shape index (κ1) is 19.7. The van der Waals surface area contributed by atoms with E-state index in [1.807, 2.05) is 19.1 Å². The van der Waals surface area contributed by atoms with Crippen LogP contribution in [0.3, 0.4) is 0 Å². The monoisotopic (exact) mass is 460 g/mol. The number of hydrogen-bond donors (Lipinski definition) is 0. The van der Waals surface area contributed by atoms with E-state index < -0.39 is 0 Å². The van der Waals surface area contributed by atoms with Gasteiger partial charge in [-0.1, -0.05) is 28.1 Å². The minimum atomic E-state index is 0.267. The number of benzene rings is 1. The molecule has 1 heterocycles. The molecular formula is C24H33BrN2O2. The SMILES string of the molecule is CCOc1ccccc1N1CCN(C(=O)CC23CC4CC(CC(Br)(C4)C2)C3)CC1. The number of rotatable bonds is 5. The van der Waals surface area contributed by atoms with Crippen molar-refractivity contribution < 1.29 is 9.53 Å². The van der Waals surface area contributed by atoms with Gasteiger partial charge in [-0.15, -0.1) is 0 Å². The van der Waals surface area contributed by atoms with Crippen molar-refractivity contribution >= 4 is 27.5 Å². The number of amides is 1. The molecule has 6 rings (SSSR count). The zero-order valence-electron chi connectivity index (χ0n) is 17.5. The van der Waals surface area contributed by atoms with E-state index in [0.29, 0.717) is 16.8 Å². The van der Waals surface area contributed by atoms with Gasteiger partial charge in [-0.3, -0.25) is 4.79 Å². The predicted molar refractivity (Wildman–Crippen MR) is 120 cm³/mol. The van der Waals surface area contributed by atoms with Crippen molar-refractivity contribution in [2.75, 3.05) is 37.7 Å². The number of alkyl halides is 1. The fourth-order valence-corrected chi connectivity index (χ4v) is 8.68. The maximum Gasteiger partial charge on any atom is 0.223 e. The standard InChI is InChI=1S/C24H33BrN2O2/c1-2-29-21-6-4-3-5-20(21)26-7-9-27(10-8-26)22(28)16-23-12-18-11-19(13-23)15-24(25,14-18)17-23/h3-6,18-19H,2,7-17H2,1H3. The fraction of sp³-hybridized carbons (Fsp3) is 0.708. The quantitative estimate of drug-likeness (QED) is 0.588. The summed E-state index contributed by atoms with van der Waals surface area (Å²) in [5, 5.41) is 0. The zero-order valence-corrected chi connectivity index (χ0v) is 19.1. The molecule has 1 aromatic rings. The van der Waals surface area contributed by atoms with Gasteiger partial charge in [0.1, 0.15) is 5.75 Å². The molecule has 4 saturated carbocycles. The van der Waals surface area contributed by atoms with Crippen LogP contribution in [0, 0.1) is 17.3 Å². The number of piperazine rings is 1. The van der Waals surface area contributed by atoms with Gasteiger partial charge in [0.15, 0.2) is 0 Å². The number of ether oxygens (including phenoxy) is 1. The molecule has 4 aliphatic carbocycles. The highest BCUT2D eigenvalue weighted by Gasteiger charge is 2.57. The minimum Gasteiger partial charge on any atom is -0.492 e. The third-order valence-electron chi connectivity index (χ3n) is 7.78. The summed E-state index contributed by atoms with van der Waals surface area (Å²) in [6.07, 6.45) is 8.60. The van der Waals surface area contributed by atoms with E-state index in [0.717, 1.165) is 55.9 Å². The third-order valence-corrected chi connectivity index (χ3v) is 8.70. The van der Waals surface area contributed by atoms with Crippen LogP contribution in [0.15, 0.2) is 24.3 Å². The van der Waals surface area contributed by atoms with Crippen LogP contribution in [0.25, 0.3) is 0 Å². The molecule has 1 aromatic carbocycles. The molecule has 0 N–H and O–H groups in total. The van der Waals surface area contributed by atoms with Gasteiger partial charge in [0.05, 0.1) is 12.3 Å². The first-order valence-corrected chi connectivity index (χ1v) is 12.2. The van der Waals surface area contributed by atoms with E-state index in [1.54, 1.807) is 0 Å². The van der Waals surface area contributed by atoms with Crippen molar-refractivity contribution in [3.05, 3.63) is 24.3 Å². The molecule has 0 spiro atoms. The summed E-state index contributed by atoms with van der Waals surface area (Å²) in [6.45, 7) is 6.11. The molecule has 0 aromatic heterocycles. The van der Waals surface area contributed by atoms with E-state index in [4.69, 9.17) is 4.74 Å². The van der Waals surface area contributed by atoms with E-state index >= 15 is 0 Å². The molecule has 29 heavy (non-hydrogen) atoms. The predicted octanol–water partition coefficient (Wildman–Crippen LogP) is 4.86. The summed E-state index contributed by atoms with van der Waals surface area (Å²) in [5.74, 6) is 3.03. The van der Waals surface area contributed by atoms with Gasteiger partial charge in [0, 0.05) is 36.9 Å². The van der Waals surface area contributed by atoms with Crippen LogP contribution in [0.2, 0.25) is 0 Å². The maximum atomic E-state index is 13.3. The number of para-hydroxylation sites is 2. The molecule has 1 amide bonds. The second kappa shape index (κ2) is 7.47. The average molecular weight is 461 g/mol. The number of nitrogens with zero attached hydrogens (tertiary/aromatic N) is 2. The second-order valence-corrected chi connectivity index (χ2v) is 11.7. The Morgan fingerprint density at radius 3 is 2.45 bits per heavy atom. The molecule has 158 valence electrons. The average Bonchev–Trinajstić information content (AvgIpc) is 2.66. The molecule has 0 radical (unpaired) electrons. The Morgan fingerprint density at radius 2 is 1.79 bits per heavy atom. The van der Waals surface area contributed by atoms with E-state index in [2.05, 4.69) is 37.9 Å². The lowest BCUT2D eigenvalue weighted by Crippen LogP contribution is -2.55. The van der Waals surface area contributed by atoms with Crippen LogP contribution >= 0.6 is 15.9 Å². The first-order valence-electron chi connectivity index (χ1n) is 11.4. The van der Waals surface area contributed by atoms with Crippen LogP contribution in [0.1, 0.15) is 51.9 Å². The van der Waals surface area contributed by atoms with Crippen molar-refractivity contribution in [2.45, 2.75) is 56.2 Å². The molecule has 5 fully saturated rings. The van der Waals surface area contributed by atoms with Gasteiger partial charge in [-0.2, -0.15) is 0 Å². The molecule has 5 aliphatic rings. The lowest BCUT2D eigenvalue weighted by molar-refractivity contribution is -0.138. The minimum absolute atomic E-state index is 0.267. The summed E-state index contributed by atoms with van der Waals surface area (Å²) in [6, 6.07) is 8.27. The van der Waals surface area contributed by atoms with E-state index in [-0.39, 0.29) is 5.41 Å². The van der Waals surface area contributed by atoms with Gasteiger partial charge < -0.3 is 14.5 Å². The van der Waals surface area contributed by atoms with Gasteiger partial charge in [-0.25, -0.2) is 0 Å². The molecule has 2 atom stereocenters. The Labute approximate surface area is 183 Å². The topological polar surface area (TPSA) is 32.8 Å². The van der Waals surface area contributed by atoms with Gasteiger partial charge >= 0.3 is 0 Å². The number of carbonyl (C=O) groups is 1. The van der Waals surface area contributed by atoms with Gasteiger partial charge in [0.2, 0.25) is 5.91 Å². The first-order chi connectivity index (χ1) is 14.0. The van der Waals surface area contributed by atoms with Crippen molar-refractivity contribution in [2.24, 2.45) is 17.3 Å². The van der Waals surface area contributed by atoms with Gasteiger partial charge in [0.25, 0.3) is 0 Å².